The second kappa shape index (κ2) is 6.33. The highest BCUT2D eigenvalue weighted by Gasteiger charge is 2.16. The van der Waals surface area contributed by atoms with Gasteiger partial charge in [-0.3, -0.25) is 4.79 Å². The first-order chi connectivity index (χ1) is 9.45. The number of halogens is 2. The molecule has 7 heteroatoms. The third-order valence-electron chi connectivity index (χ3n) is 2.47. The normalized spacial score (nSPS) is 11.1. The summed E-state index contributed by atoms with van der Waals surface area (Å²) < 4.78 is 5.04. The zero-order chi connectivity index (χ0) is 14.7. The van der Waals surface area contributed by atoms with Crippen molar-refractivity contribution in [3.05, 3.63) is 28.2 Å². The number of rotatable bonds is 5. The summed E-state index contributed by atoms with van der Waals surface area (Å²) in [4.78, 5) is 19.9. The predicted octanol–water partition coefficient (Wildman–Crippen LogP) is 3.60. The average molecular weight is 314 g/mol. The van der Waals surface area contributed by atoms with E-state index in [9.17, 15) is 4.79 Å². The first-order valence-corrected chi connectivity index (χ1v) is 6.87. The molecule has 2 rings (SSSR count). The van der Waals surface area contributed by atoms with Crippen LogP contribution in [0.2, 0.25) is 10.0 Å². The van der Waals surface area contributed by atoms with Crippen LogP contribution in [0.25, 0.3) is 11.5 Å². The number of Topliss-reactive ketones (excluding diaryl/α,β-unsaturated/α-hetero) is 1. The molecule has 0 amide bonds. The SMILES string of the molecule is CC(C)CC(=O)Cc1nc(-c2ncc(Cl)cc2Cl)no1. The van der Waals surface area contributed by atoms with Crippen LogP contribution in [0.3, 0.4) is 0 Å². The van der Waals surface area contributed by atoms with E-state index in [1.165, 1.54) is 6.20 Å². The van der Waals surface area contributed by atoms with E-state index in [0.29, 0.717) is 28.1 Å². The molecule has 2 aromatic rings. The maximum absolute atomic E-state index is 11.7. The summed E-state index contributed by atoms with van der Waals surface area (Å²) in [6.07, 6.45) is 2.05. The Bertz CT molecular complexity index is 626. The Hall–Kier alpha value is -1.46. The summed E-state index contributed by atoms with van der Waals surface area (Å²) in [6, 6.07) is 1.55. The molecule has 0 saturated heterocycles. The molecule has 0 radical (unpaired) electrons. The van der Waals surface area contributed by atoms with Gasteiger partial charge in [0.2, 0.25) is 11.7 Å². The van der Waals surface area contributed by atoms with Crippen LogP contribution >= 0.6 is 23.2 Å². The molecule has 0 bridgehead atoms. The summed E-state index contributed by atoms with van der Waals surface area (Å²) in [5.74, 6) is 0.875. The lowest BCUT2D eigenvalue weighted by atomic mass is 10.1. The molecule has 20 heavy (non-hydrogen) atoms. The Morgan fingerprint density at radius 3 is 2.80 bits per heavy atom. The molecule has 0 spiro atoms. The maximum Gasteiger partial charge on any atom is 0.234 e. The monoisotopic (exact) mass is 313 g/mol. The van der Waals surface area contributed by atoms with E-state index in [1.807, 2.05) is 13.8 Å². The highest BCUT2D eigenvalue weighted by molar-refractivity contribution is 6.35. The van der Waals surface area contributed by atoms with Gasteiger partial charge in [-0.05, 0) is 12.0 Å². The van der Waals surface area contributed by atoms with Crippen molar-refractivity contribution < 1.29 is 9.32 Å². The standard InChI is InChI=1S/C13H13Cl2N3O2/c1-7(2)3-9(19)5-11-17-13(18-20-11)12-10(15)4-8(14)6-16-12/h4,6-7H,3,5H2,1-2H3. The topological polar surface area (TPSA) is 68.9 Å². The van der Waals surface area contributed by atoms with Crippen molar-refractivity contribution in [1.29, 1.82) is 0 Å². The molecular formula is C13H13Cl2N3O2. The highest BCUT2D eigenvalue weighted by atomic mass is 35.5. The van der Waals surface area contributed by atoms with Crippen molar-refractivity contribution in [3.8, 4) is 11.5 Å². The van der Waals surface area contributed by atoms with Crippen LogP contribution in [0.5, 0.6) is 0 Å². The molecule has 0 saturated carbocycles. The van der Waals surface area contributed by atoms with Crippen molar-refractivity contribution in [2.24, 2.45) is 5.92 Å². The second-order valence-corrected chi connectivity index (χ2v) is 5.65. The molecule has 0 aliphatic rings. The van der Waals surface area contributed by atoms with Gasteiger partial charge in [0.15, 0.2) is 0 Å². The van der Waals surface area contributed by atoms with Crippen molar-refractivity contribution >= 4 is 29.0 Å². The first-order valence-electron chi connectivity index (χ1n) is 6.11. The van der Waals surface area contributed by atoms with Gasteiger partial charge in [-0.2, -0.15) is 4.98 Å². The molecule has 2 aromatic heterocycles. The second-order valence-electron chi connectivity index (χ2n) is 4.81. The number of aromatic nitrogens is 3. The molecule has 0 atom stereocenters. The van der Waals surface area contributed by atoms with Crippen molar-refractivity contribution in [1.82, 2.24) is 15.1 Å². The molecule has 2 heterocycles. The molecule has 0 unspecified atom stereocenters. The zero-order valence-corrected chi connectivity index (χ0v) is 12.6. The number of carbonyl (C=O) groups is 1. The number of pyridine rings is 1. The lowest BCUT2D eigenvalue weighted by Crippen LogP contribution is -2.06. The minimum Gasteiger partial charge on any atom is -0.338 e. The Kier molecular flexibility index (Phi) is 4.73. The van der Waals surface area contributed by atoms with Crippen LogP contribution in [0, 0.1) is 5.92 Å². The Labute approximate surface area is 126 Å². The summed E-state index contributed by atoms with van der Waals surface area (Å²) in [5.41, 5.74) is 0.377. The minimum atomic E-state index is 0.0605. The minimum absolute atomic E-state index is 0.0605. The van der Waals surface area contributed by atoms with Crippen molar-refractivity contribution in [2.45, 2.75) is 26.7 Å². The van der Waals surface area contributed by atoms with Gasteiger partial charge in [-0.15, -0.1) is 0 Å². The quantitative estimate of drug-likeness (QED) is 0.843. The number of hydrogen-bond donors (Lipinski definition) is 0. The summed E-state index contributed by atoms with van der Waals surface area (Å²) in [6.45, 7) is 3.96. The van der Waals surface area contributed by atoms with Crippen molar-refractivity contribution in [3.63, 3.8) is 0 Å². The molecule has 5 nitrogen and oxygen atoms in total. The van der Waals surface area contributed by atoms with Crippen LogP contribution in [0.1, 0.15) is 26.2 Å². The number of hydrogen-bond acceptors (Lipinski definition) is 5. The maximum atomic E-state index is 11.7. The van der Waals surface area contributed by atoms with E-state index in [1.54, 1.807) is 6.07 Å². The predicted molar refractivity (Wildman–Crippen MR) is 75.7 cm³/mol. The van der Waals surface area contributed by atoms with Crippen LogP contribution in [-0.4, -0.2) is 20.9 Å². The Morgan fingerprint density at radius 1 is 1.40 bits per heavy atom. The zero-order valence-electron chi connectivity index (χ0n) is 11.1. The first kappa shape index (κ1) is 14.9. The summed E-state index contributed by atoms with van der Waals surface area (Å²) >= 11 is 11.8. The molecular weight excluding hydrogens is 301 g/mol. The van der Waals surface area contributed by atoms with E-state index in [-0.39, 0.29) is 23.9 Å². The van der Waals surface area contributed by atoms with Gasteiger partial charge in [-0.1, -0.05) is 42.2 Å². The van der Waals surface area contributed by atoms with Crippen molar-refractivity contribution in [2.75, 3.05) is 0 Å². The van der Waals surface area contributed by atoms with Crippen LogP contribution in [0.15, 0.2) is 16.8 Å². The van der Waals surface area contributed by atoms with Gasteiger partial charge < -0.3 is 4.52 Å². The molecule has 0 aliphatic carbocycles. The van der Waals surface area contributed by atoms with Gasteiger partial charge >= 0.3 is 0 Å². The molecule has 0 fully saturated rings. The van der Waals surface area contributed by atoms with Gasteiger partial charge in [0.25, 0.3) is 0 Å². The number of nitrogens with zero attached hydrogens (tertiary/aromatic N) is 3. The number of carbonyl (C=O) groups excluding carboxylic acids is 1. The average Bonchev–Trinajstić information content (AvgIpc) is 2.75. The fourth-order valence-electron chi connectivity index (χ4n) is 1.70. The Balaban J connectivity index is 2.14. The smallest absolute Gasteiger partial charge is 0.234 e. The van der Waals surface area contributed by atoms with Gasteiger partial charge in [-0.25, -0.2) is 4.98 Å². The van der Waals surface area contributed by atoms with Gasteiger partial charge in [0.1, 0.15) is 11.5 Å². The van der Waals surface area contributed by atoms with E-state index >= 15 is 0 Å². The third kappa shape index (κ3) is 3.77. The van der Waals surface area contributed by atoms with Crippen LogP contribution in [-0.2, 0) is 11.2 Å². The van der Waals surface area contributed by atoms with Crippen LogP contribution in [0.4, 0.5) is 0 Å². The summed E-state index contributed by atoms with van der Waals surface area (Å²) in [5, 5.41) is 4.54. The van der Waals surface area contributed by atoms with Gasteiger partial charge in [0.05, 0.1) is 16.5 Å². The fourth-order valence-corrected chi connectivity index (χ4v) is 2.16. The fraction of sp³-hybridized carbons (Fsp3) is 0.385. The highest BCUT2D eigenvalue weighted by Crippen LogP contribution is 2.25. The van der Waals surface area contributed by atoms with E-state index < -0.39 is 0 Å². The Morgan fingerprint density at radius 2 is 2.15 bits per heavy atom. The lowest BCUT2D eigenvalue weighted by molar-refractivity contribution is -0.119. The molecule has 106 valence electrons. The largest absolute Gasteiger partial charge is 0.338 e. The van der Waals surface area contributed by atoms with Crippen LogP contribution < -0.4 is 0 Å². The molecule has 0 N–H and O–H groups in total. The summed E-state index contributed by atoms with van der Waals surface area (Å²) in [7, 11) is 0. The lowest BCUT2D eigenvalue weighted by Gasteiger charge is -2.00. The number of ketones is 1. The molecule has 0 aromatic carbocycles. The third-order valence-corrected chi connectivity index (χ3v) is 2.97. The van der Waals surface area contributed by atoms with E-state index in [2.05, 4.69) is 15.1 Å². The van der Waals surface area contributed by atoms with Gasteiger partial charge in [0, 0.05) is 12.6 Å². The molecule has 0 aliphatic heterocycles. The van der Waals surface area contributed by atoms with E-state index in [4.69, 9.17) is 27.7 Å². The van der Waals surface area contributed by atoms with E-state index in [0.717, 1.165) is 0 Å².